The monoisotopic (exact) mass is 344 g/mol. The molecular formula is C18H17FN2O2S. The minimum absolute atomic E-state index is 0.0710. The molecule has 124 valence electrons. The molecule has 1 N–H and O–H groups in total. The predicted octanol–water partition coefficient (Wildman–Crippen LogP) is 3.85. The molecule has 0 heterocycles. The van der Waals surface area contributed by atoms with Crippen molar-refractivity contribution in [1.29, 1.82) is 0 Å². The zero-order valence-electron chi connectivity index (χ0n) is 13.3. The van der Waals surface area contributed by atoms with Gasteiger partial charge in [-0.3, -0.25) is 4.72 Å². The Kier molecular flexibility index (Phi) is 4.15. The van der Waals surface area contributed by atoms with Crippen LogP contribution in [-0.2, 0) is 10.0 Å². The largest absolute Gasteiger partial charge is 0.377 e. The molecule has 0 fully saturated rings. The van der Waals surface area contributed by atoms with Crippen molar-refractivity contribution in [1.82, 2.24) is 0 Å². The summed E-state index contributed by atoms with van der Waals surface area (Å²) in [6, 6.07) is 16.2. The Morgan fingerprint density at radius 1 is 0.875 bits per heavy atom. The van der Waals surface area contributed by atoms with E-state index in [4.69, 9.17) is 0 Å². The second-order valence-electron chi connectivity index (χ2n) is 5.61. The van der Waals surface area contributed by atoms with Gasteiger partial charge in [-0.05, 0) is 24.3 Å². The second kappa shape index (κ2) is 6.13. The van der Waals surface area contributed by atoms with E-state index >= 15 is 0 Å². The van der Waals surface area contributed by atoms with Gasteiger partial charge in [-0.15, -0.1) is 0 Å². The summed E-state index contributed by atoms with van der Waals surface area (Å²) >= 11 is 0. The first kappa shape index (κ1) is 16.3. The highest BCUT2D eigenvalue weighted by Gasteiger charge is 2.19. The van der Waals surface area contributed by atoms with Gasteiger partial charge >= 0.3 is 0 Å². The van der Waals surface area contributed by atoms with Crippen LogP contribution in [0.1, 0.15) is 0 Å². The van der Waals surface area contributed by atoms with Gasteiger partial charge in [0.2, 0.25) is 0 Å². The lowest BCUT2D eigenvalue weighted by Crippen LogP contribution is -2.15. The van der Waals surface area contributed by atoms with Crippen molar-refractivity contribution in [3.63, 3.8) is 0 Å². The van der Waals surface area contributed by atoms with Gasteiger partial charge in [-0.1, -0.05) is 36.4 Å². The summed E-state index contributed by atoms with van der Waals surface area (Å²) in [5.41, 5.74) is 0.841. The van der Waals surface area contributed by atoms with Gasteiger partial charge in [0.05, 0.1) is 10.6 Å². The summed E-state index contributed by atoms with van der Waals surface area (Å²) < 4.78 is 41.6. The number of sulfonamides is 1. The predicted molar refractivity (Wildman–Crippen MR) is 95.5 cm³/mol. The standard InChI is InChI=1S/C18H17FN2O2S/c1-21(2)17-11-5-8-14-13(17)7-6-12-18(14)24(22,23)20-16-10-4-3-9-15(16)19/h3-12,20H,1-2H3. The number of halogens is 1. The number of benzene rings is 3. The topological polar surface area (TPSA) is 49.4 Å². The van der Waals surface area contributed by atoms with E-state index in [1.807, 2.05) is 31.1 Å². The van der Waals surface area contributed by atoms with Crippen LogP contribution in [0.25, 0.3) is 10.8 Å². The van der Waals surface area contributed by atoms with Gasteiger partial charge < -0.3 is 4.90 Å². The summed E-state index contributed by atoms with van der Waals surface area (Å²) in [7, 11) is -0.121. The lowest BCUT2D eigenvalue weighted by atomic mass is 10.1. The van der Waals surface area contributed by atoms with Crippen LogP contribution in [-0.4, -0.2) is 22.5 Å². The lowest BCUT2D eigenvalue weighted by molar-refractivity contribution is 0.599. The molecule has 3 aromatic carbocycles. The Morgan fingerprint density at radius 3 is 2.25 bits per heavy atom. The van der Waals surface area contributed by atoms with Crippen molar-refractivity contribution in [2.24, 2.45) is 0 Å². The van der Waals surface area contributed by atoms with Crippen LogP contribution >= 0.6 is 0 Å². The lowest BCUT2D eigenvalue weighted by Gasteiger charge is -2.17. The minimum atomic E-state index is -3.91. The number of para-hydroxylation sites is 1. The Labute approximate surface area is 140 Å². The number of hydrogen-bond acceptors (Lipinski definition) is 3. The molecular weight excluding hydrogens is 327 g/mol. The van der Waals surface area contributed by atoms with Gasteiger partial charge in [-0.2, -0.15) is 0 Å². The number of fused-ring (bicyclic) bond motifs is 1. The average Bonchev–Trinajstić information content (AvgIpc) is 2.55. The summed E-state index contributed by atoms with van der Waals surface area (Å²) in [5, 5.41) is 1.41. The molecule has 0 aliphatic rings. The third kappa shape index (κ3) is 2.92. The fourth-order valence-corrected chi connectivity index (χ4v) is 3.92. The summed E-state index contributed by atoms with van der Waals surface area (Å²) in [5.74, 6) is -0.615. The van der Waals surface area contributed by atoms with Gasteiger partial charge in [-0.25, -0.2) is 12.8 Å². The summed E-state index contributed by atoms with van der Waals surface area (Å²) in [6.45, 7) is 0. The van der Waals surface area contributed by atoms with Crippen LogP contribution in [0, 0.1) is 5.82 Å². The van der Waals surface area contributed by atoms with Crippen LogP contribution < -0.4 is 9.62 Å². The third-order valence-electron chi connectivity index (χ3n) is 3.75. The van der Waals surface area contributed by atoms with Gasteiger partial charge in [0.1, 0.15) is 5.82 Å². The average molecular weight is 344 g/mol. The molecule has 0 saturated heterocycles. The third-order valence-corrected chi connectivity index (χ3v) is 5.17. The summed E-state index contributed by atoms with van der Waals surface area (Å²) in [4.78, 5) is 2.04. The molecule has 0 spiro atoms. The first-order chi connectivity index (χ1) is 11.4. The minimum Gasteiger partial charge on any atom is -0.377 e. The molecule has 3 aromatic rings. The Balaban J connectivity index is 2.15. The molecule has 0 amide bonds. The fourth-order valence-electron chi connectivity index (χ4n) is 2.63. The van der Waals surface area contributed by atoms with Crippen LogP contribution in [0.2, 0.25) is 0 Å². The van der Waals surface area contributed by atoms with Crippen molar-refractivity contribution in [2.75, 3.05) is 23.7 Å². The highest BCUT2D eigenvalue weighted by atomic mass is 32.2. The quantitative estimate of drug-likeness (QED) is 0.782. The molecule has 24 heavy (non-hydrogen) atoms. The van der Waals surface area contributed by atoms with Crippen LogP contribution in [0.5, 0.6) is 0 Å². The molecule has 0 radical (unpaired) electrons. The maximum atomic E-state index is 13.8. The van der Waals surface area contributed by atoms with E-state index in [1.54, 1.807) is 24.3 Å². The Hall–Kier alpha value is -2.60. The Bertz CT molecular complexity index is 1000. The zero-order valence-corrected chi connectivity index (χ0v) is 14.1. The first-order valence-corrected chi connectivity index (χ1v) is 8.85. The molecule has 0 atom stereocenters. The number of nitrogens with zero attached hydrogens (tertiary/aromatic N) is 1. The molecule has 4 nitrogen and oxygen atoms in total. The molecule has 0 aliphatic carbocycles. The van der Waals surface area contributed by atoms with Crippen LogP contribution in [0.4, 0.5) is 15.8 Å². The van der Waals surface area contributed by atoms with Crippen molar-refractivity contribution in [2.45, 2.75) is 4.90 Å². The van der Waals surface area contributed by atoms with E-state index in [0.29, 0.717) is 5.39 Å². The maximum Gasteiger partial charge on any atom is 0.262 e. The van der Waals surface area contributed by atoms with E-state index in [0.717, 1.165) is 11.1 Å². The molecule has 0 aliphatic heterocycles. The van der Waals surface area contributed by atoms with Crippen molar-refractivity contribution >= 4 is 32.2 Å². The first-order valence-electron chi connectivity index (χ1n) is 7.36. The van der Waals surface area contributed by atoms with E-state index in [9.17, 15) is 12.8 Å². The SMILES string of the molecule is CN(C)c1cccc2c(S(=O)(=O)Nc3ccccc3F)cccc12. The molecule has 6 heteroatoms. The van der Waals surface area contributed by atoms with Crippen molar-refractivity contribution in [3.8, 4) is 0 Å². The van der Waals surface area contributed by atoms with Crippen molar-refractivity contribution < 1.29 is 12.8 Å². The molecule has 0 unspecified atom stereocenters. The normalized spacial score (nSPS) is 11.5. The maximum absolute atomic E-state index is 13.8. The van der Waals surface area contributed by atoms with E-state index < -0.39 is 15.8 Å². The van der Waals surface area contributed by atoms with Crippen molar-refractivity contribution in [3.05, 3.63) is 66.5 Å². The molecule has 0 saturated carbocycles. The highest BCUT2D eigenvalue weighted by Crippen LogP contribution is 2.31. The Morgan fingerprint density at radius 2 is 1.54 bits per heavy atom. The van der Waals surface area contributed by atoms with Crippen LogP contribution in [0.15, 0.2) is 65.6 Å². The van der Waals surface area contributed by atoms with E-state index in [2.05, 4.69) is 4.72 Å². The molecule has 0 bridgehead atoms. The number of rotatable bonds is 4. The molecule has 0 aromatic heterocycles. The zero-order chi connectivity index (χ0) is 17.3. The van der Waals surface area contributed by atoms with E-state index in [1.165, 1.54) is 24.3 Å². The number of nitrogens with one attached hydrogen (secondary N) is 1. The summed E-state index contributed by atoms with van der Waals surface area (Å²) in [6.07, 6.45) is 0. The smallest absolute Gasteiger partial charge is 0.262 e. The van der Waals surface area contributed by atoms with Gasteiger partial charge in [0.25, 0.3) is 10.0 Å². The second-order valence-corrected chi connectivity index (χ2v) is 7.26. The fraction of sp³-hybridized carbons (Fsp3) is 0.111. The number of hydrogen-bond donors (Lipinski definition) is 1. The van der Waals surface area contributed by atoms with Crippen LogP contribution in [0.3, 0.4) is 0 Å². The highest BCUT2D eigenvalue weighted by molar-refractivity contribution is 7.93. The van der Waals surface area contributed by atoms with Gasteiger partial charge in [0, 0.05) is 30.6 Å². The number of anilines is 2. The van der Waals surface area contributed by atoms with Gasteiger partial charge in [0.15, 0.2) is 0 Å². The van der Waals surface area contributed by atoms with E-state index in [-0.39, 0.29) is 10.6 Å². The molecule has 3 rings (SSSR count).